The molecule has 14 heavy (non-hydrogen) atoms. The molecular formula is C13H12O. The third-order valence-electron chi connectivity index (χ3n) is 2.53. The molecule has 0 bridgehead atoms. The summed E-state index contributed by atoms with van der Waals surface area (Å²) >= 11 is 0. The number of terminal acetylenes is 1. The summed E-state index contributed by atoms with van der Waals surface area (Å²) in [5.41, 5.74) is 1.83. The second kappa shape index (κ2) is 2.92. The molecule has 2 aromatic rings. The van der Waals surface area contributed by atoms with Crippen LogP contribution in [0.15, 0.2) is 34.9 Å². The van der Waals surface area contributed by atoms with E-state index in [0.29, 0.717) is 0 Å². The Bertz CT molecular complexity index is 497. The minimum Gasteiger partial charge on any atom is -0.464 e. The first-order chi connectivity index (χ1) is 6.63. The summed E-state index contributed by atoms with van der Waals surface area (Å²) in [6, 6.07) is 8.01. The summed E-state index contributed by atoms with van der Waals surface area (Å²) in [4.78, 5) is 0. The second-order valence-corrected chi connectivity index (χ2v) is 3.94. The van der Waals surface area contributed by atoms with E-state index in [1.807, 2.05) is 32.0 Å². The number of furan rings is 1. The molecule has 0 radical (unpaired) electrons. The van der Waals surface area contributed by atoms with Crippen LogP contribution >= 0.6 is 0 Å². The Hall–Kier alpha value is -1.68. The van der Waals surface area contributed by atoms with Gasteiger partial charge in [0.15, 0.2) is 0 Å². The zero-order valence-electron chi connectivity index (χ0n) is 8.37. The van der Waals surface area contributed by atoms with E-state index < -0.39 is 0 Å². The number of hydrogen-bond donors (Lipinski definition) is 0. The first kappa shape index (κ1) is 8.90. The van der Waals surface area contributed by atoms with Crippen LogP contribution in [-0.4, -0.2) is 0 Å². The highest BCUT2D eigenvalue weighted by Gasteiger charge is 2.17. The summed E-state index contributed by atoms with van der Waals surface area (Å²) in [7, 11) is 0. The molecule has 0 fully saturated rings. The standard InChI is InChI=1S/C13H12O/c1-4-13(2,3)11-5-6-12-10(9-11)7-8-14-12/h1,5-9H,2-3H3. The third kappa shape index (κ3) is 1.29. The van der Waals surface area contributed by atoms with E-state index in [9.17, 15) is 0 Å². The molecule has 0 unspecified atom stereocenters. The Morgan fingerprint density at radius 1 is 1.29 bits per heavy atom. The van der Waals surface area contributed by atoms with E-state index in [1.54, 1.807) is 6.26 Å². The molecule has 0 atom stereocenters. The molecule has 1 aromatic carbocycles. The van der Waals surface area contributed by atoms with Crippen molar-refractivity contribution >= 4 is 11.0 Å². The average Bonchev–Trinajstić information content (AvgIpc) is 2.64. The highest BCUT2D eigenvalue weighted by atomic mass is 16.3. The van der Waals surface area contributed by atoms with Crippen molar-refractivity contribution in [1.29, 1.82) is 0 Å². The first-order valence-corrected chi connectivity index (χ1v) is 4.59. The molecular weight excluding hydrogens is 172 g/mol. The average molecular weight is 184 g/mol. The van der Waals surface area contributed by atoms with Gasteiger partial charge in [-0.25, -0.2) is 0 Å². The van der Waals surface area contributed by atoms with E-state index in [0.717, 1.165) is 16.5 Å². The van der Waals surface area contributed by atoms with Crippen molar-refractivity contribution in [3.05, 3.63) is 36.1 Å². The topological polar surface area (TPSA) is 13.1 Å². The van der Waals surface area contributed by atoms with Gasteiger partial charge in [0, 0.05) is 5.39 Å². The van der Waals surface area contributed by atoms with Crippen molar-refractivity contribution in [2.45, 2.75) is 19.3 Å². The summed E-state index contributed by atoms with van der Waals surface area (Å²) in [5, 5.41) is 1.10. The maximum atomic E-state index is 5.48. The quantitative estimate of drug-likeness (QED) is 0.619. The van der Waals surface area contributed by atoms with E-state index in [-0.39, 0.29) is 5.41 Å². The van der Waals surface area contributed by atoms with E-state index in [1.165, 1.54) is 0 Å². The number of rotatable bonds is 1. The summed E-state index contributed by atoms with van der Waals surface area (Å²) in [5.74, 6) is 2.78. The zero-order chi connectivity index (χ0) is 10.2. The van der Waals surface area contributed by atoms with Crippen molar-refractivity contribution in [1.82, 2.24) is 0 Å². The smallest absolute Gasteiger partial charge is 0.133 e. The molecule has 0 saturated carbocycles. The molecule has 0 spiro atoms. The fourth-order valence-corrected chi connectivity index (χ4v) is 1.44. The van der Waals surface area contributed by atoms with Crippen LogP contribution in [-0.2, 0) is 5.41 Å². The predicted molar refractivity (Wildman–Crippen MR) is 58.1 cm³/mol. The van der Waals surface area contributed by atoms with Gasteiger partial charge in [0.25, 0.3) is 0 Å². The van der Waals surface area contributed by atoms with Crippen molar-refractivity contribution in [3.8, 4) is 12.3 Å². The molecule has 0 N–H and O–H groups in total. The van der Waals surface area contributed by atoms with Gasteiger partial charge in [-0.2, -0.15) is 0 Å². The number of benzene rings is 1. The molecule has 0 aliphatic carbocycles. The minimum atomic E-state index is -0.217. The monoisotopic (exact) mass is 184 g/mol. The van der Waals surface area contributed by atoms with Crippen LogP contribution in [0.5, 0.6) is 0 Å². The molecule has 0 saturated heterocycles. The van der Waals surface area contributed by atoms with Gasteiger partial charge in [-0.15, -0.1) is 6.42 Å². The lowest BCUT2D eigenvalue weighted by molar-refractivity contribution is 0.615. The van der Waals surface area contributed by atoms with Crippen LogP contribution in [0.3, 0.4) is 0 Å². The Kier molecular flexibility index (Phi) is 1.86. The van der Waals surface area contributed by atoms with Gasteiger partial charge in [0.05, 0.1) is 11.7 Å². The summed E-state index contributed by atoms with van der Waals surface area (Å²) in [6.45, 7) is 4.07. The summed E-state index contributed by atoms with van der Waals surface area (Å²) in [6.07, 6.45) is 7.18. The molecule has 0 aliphatic heterocycles. The maximum absolute atomic E-state index is 5.48. The highest BCUT2D eigenvalue weighted by molar-refractivity contribution is 5.78. The zero-order valence-corrected chi connectivity index (χ0v) is 8.37. The highest BCUT2D eigenvalue weighted by Crippen LogP contribution is 2.26. The fourth-order valence-electron chi connectivity index (χ4n) is 1.44. The Morgan fingerprint density at radius 3 is 2.79 bits per heavy atom. The predicted octanol–water partition coefficient (Wildman–Crippen LogP) is 3.34. The van der Waals surface area contributed by atoms with Crippen LogP contribution in [0.1, 0.15) is 19.4 Å². The normalized spacial score (nSPS) is 11.5. The van der Waals surface area contributed by atoms with Crippen LogP contribution in [0, 0.1) is 12.3 Å². The van der Waals surface area contributed by atoms with Crippen LogP contribution < -0.4 is 0 Å². The summed E-state index contributed by atoms with van der Waals surface area (Å²) < 4.78 is 5.27. The van der Waals surface area contributed by atoms with Crippen LogP contribution in [0.2, 0.25) is 0 Å². The second-order valence-electron chi connectivity index (χ2n) is 3.94. The van der Waals surface area contributed by atoms with Gasteiger partial charge in [-0.05, 0) is 37.6 Å². The third-order valence-corrected chi connectivity index (χ3v) is 2.53. The molecule has 0 amide bonds. The molecule has 70 valence electrons. The molecule has 1 heteroatoms. The van der Waals surface area contributed by atoms with Crippen molar-refractivity contribution in [3.63, 3.8) is 0 Å². The SMILES string of the molecule is C#CC(C)(C)c1ccc2occc2c1. The van der Waals surface area contributed by atoms with Crippen molar-refractivity contribution in [2.75, 3.05) is 0 Å². The van der Waals surface area contributed by atoms with Gasteiger partial charge in [-0.1, -0.05) is 12.0 Å². The van der Waals surface area contributed by atoms with Crippen molar-refractivity contribution in [2.24, 2.45) is 0 Å². The fraction of sp³-hybridized carbons (Fsp3) is 0.231. The lowest BCUT2D eigenvalue weighted by Crippen LogP contribution is -2.13. The van der Waals surface area contributed by atoms with Gasteiger partial charge >= 0.3 is 0 Å². The van der Waals surface area contributed by atoms with Crippen LogP contribution in [0.25, 0.3) is 11.0 Å². The van der Waals surface area contributed by atoms with Gasteiger partial charge in [-0.3, -0.25) is 0 Å². The van der Waals surface area contributed by atoms with E-state index in [4.69, 9.17) is 10.8 Å². The molecule has 1 heterocycles. The van der Waals surface area contributed by atoms with Crippen molar-refractivity contribution < 1.29 is 4.42 Å². The van der Waals surface area contributed by atoms with Crippen LogP contribution in [0.4, 0.5) is 0 Å². The van der Waals surface area contributed by atoms with Gasteiger partial charge in [0.1, 0.15) is 5.58 Å². The largest absolute Gasteiger partial charge is 0.464 e. The molecule has 0 aliphatic rings. The number of fused-ring (bicyclic) bond motifs is 1. The lowest BCUT2D eigenvalue weighted by atomic mass is 9.85. The molecule has 1 nitrogen and oxygen atoms in total. The Morgan fingerprint density at radius 2 is 2.07 bits per heavy atom. The Balaban J connectivity index is 2.61. The van der Waals surface area contributed by atoms with E-state index in [2.05, 4.69) is 12.0 Å². The molecule has 1 aromatic heterocycles. The maximum Gasteiger partial charge on any atom is 0.133 e. The minimum absolute atomic E-state index is 0.217. The first-order valence-electron chi connectivity index (χ1n) is 4.59. The lowest BCUT2D eigenvalue weighted by Gasteiger charge is -2.17. The Labute approximate surface area is 83.7 Å². The van der Waals surface area contributed by atoms with E-state index >= 15 is 0 Å². The van der Waals surface area contributed by atoms with Gasteiger partial charge < -0.3 is 4.42 Å². The number of hydrogen-bond acceptors (Lipinski definition) is 1. The molecule has 2 rings (SSSR count). The van der Waals surface area contributed by atoms with Gasteiger partial charge in [0.2, 0.25) is 0 Å².